The van der Waals surface area contributed by atoms with E-state index in [1.54, 1.807) is 11.3 Å². The van der Waals surface area contributed by atoms with Gasteiger partial charge in [-0.3, -0.25) is 9.69 Å². The van der Waals surface area contributed by atoms with Gasteiger partial charge in [-0.05, 0) is 35.2 Å². The monoisotopic (exact) mass is 328 g/mol. The third-order valence-electron chi connectivity index (χ3n) is 4.30. The molecule has 0 saturated carbocycles. The summed E-state index contributed by atoms with van der Waals surface area (Å²) in [5.74, 6) is 0.477. The Labute approximate surface area is 129 Å². The number of thiophene rings is 1. The minimum absolute atomic E-state index is 0.128. The Morgan fingerprint density at radius 1 is 1.29 bits per heavy atom. The Bertz CT molecular complexity index is 584. The van der Waals surface area contributed by atoms with Crippen molar-refractivity contribution < 1.29 is 13.2 Å². The molecule has 7 heteroatoms. The maximum absolute atomic E-state index is 12.5. The van der Waals surface area contributed by atoms with E-state index in [4.69, 9.17) is 0 Å². The van der Waals surface area contributed by atoms with Crippen molar-refractivity contribution in [2.75, 3.05) is 37.7 Å². The van der Waals surface area contributed by atoms with Gasteiger partial charge in [0, 0.05) is 19.6 Å². The molecule has 0 bridgehead atoms. The van der Waals surface area contributed by atoms with Crippen molar-refractivity contribution in [2.24, 2.45) is 0 Å². The number of carbonyl (C=O) groups is 1. The molecule has 5 nitrogen and oxygen atoms in total. The first-order chi connectivity index (χ1) is 10.1. The van der Waals surface area contributed by atoms with Crippen molar-refractivity contribution >= 4 is 27.1 Å². The summed E-state index contributed by atoms with van der Waals surface area (Å²) in [6.07, 6.45) is 2.07. The number of carbonyl (C=O) groups excluding carboxylic acids is 1. The Kier molecular flexibility index (Phi) is 4.33. The highest BCUT2D eigenvalue weighted by Crippen LogP contribution is 2.33. The van der Waals surface area contributed by atoms with Crippen LogP contribution in [-0.2, 0) is 14.6 Å². The SMILES string of the molecule is O=C(CN1CCS(=O)(=O)CC1)N1CCC[C@H]1c1ccsc1. The Morgan fingerprint density at radius 2 is 2.05 bits per heavy atom. The fraction of sp³-hybridized carbons (Fsp3) is 0.643. The zero-order valence-corrected chi connectivity index (χ0v) is 13.5. The van der Waals surface area contributed by atoms with Crippen molar-refractivity contribution in [3.63, 3.8) is 0 Å². The molecule has 0 spiro atoms. The second-order valence-electron chi connectivity index (χ2n) is 5.73. The molecule has 1 atom stereocenters. The van der Waals surface area contributed by atoms with Crippen LogP contribution in [0.15, 0.2) is 16.8 Å². The molecule has 116 valence electrons. The molecule has 0 N–H and O–H groups in total. The number of nitrogens with zero attached hydrogens (tertiary/aromatic N) is 2. The molecule has 21 heavy (non-hydrogen) atoms. The van der Waals surface area contributed by atoms with Crippen LogP contribution >= 0.6 is 11.3 Å². The second kappa shape index (κ2) is 6.06. The fourth-order valence-electron chi connectivity index (χ4n) is 3.07. The van der Waals surface area contributed by atoms with E-state index < -0.39 is 9.84 Å². The second-order valence-corrected chi connectivity index (χ2v) is 8.81. The van der Waals surface area contributed by atoms with E-state index in [0.717, 1.165) is 19.4 Å². The van der Waals surface area contributed by atoms with Crippen molar-refractivity contribution in [1.29, 1.82) is 0 Å². The van der Waals surface area contributed by atoms with Crippen LogP contribution in [0.2, 0.25) is 0 Å². The van der Waals surface area contributed by atoms with Gasteiger partial charge in [-0.2, -0.15) is 11.3 Å². The predicted octanol–water partition coefficient (Wildman–Crippen LogP) is 1.14. The molecular formula is C14H20N2O3S2. The molecule has 1 aromatic heterocycles. The normalized spacial score (nSPS) is 26.1. The molecule has 0 aromatic carbocycles. The number of amides is 1. The van der Waals surface area contributed by atoms with E-state index >= 15 is 0 Å². The van der Waals surface area contributed by atoms with Crippen molar-refractivity contribution in [1.82, 2.24) is 9.80 Å². The lowest BCUT2D eigenvalue weighted by atomic mass is 10.1. The minimum atomic E-state index is -2.88. The molecule has 3 rings (SSSR count). The third-order valence-corrected chi connectivity index (χ3v) is 6.61. The number of likely N-dealkylation sites (tertiary alicyclic amines) is 1. The topological polar surface area (TPSA) is 57.7 Å². The zero-order valence-electron chi connectivity index (χ0n) is 11.9. The molecule has 1 aromatic rings. The van der Waals surface area contributed by atoms with Gasteiger partial charge in [0.1, 0.15) is 0 Å². The molecule has 0 unspecified atom stereocenters. The highest BCUT2D eigenvalue weighted by Gasteiger charge is 2.32. The van der Waals surface area contributed by atoms with Gasteiger partial charge in [0.05, 0.1) is 24.1 Å². The number of sulfone groups is 1. The van der Waals surface area contributed by atoms with Crippen LogP contribution in [0.1, 0.15) is 24.4 Å². The summed E-state index contributed by atoms with van der Waals surface area (Å²) in [6, 6.07) is 2.30. The third kappa shape index (κ3) is 3.46. The Morgan fingerprint density at radius 3 is 2.71 bits per heavy atom. The van der Waals surface area contributed by atoms with Gasteiger partial charge in [0.15, 0.2) is 9.84 Å². The summed E-state index contributed by atoms with van der Waals surface area (Å²) in [5.41, 5.74) is 1.23. The van der Waals surface area contributed by atoms with Gasteiger partial charge < -0.3 is 4.90 Å². The van der Waals surface area contributed by atoms with E-state index in [2.05, 4.69) is 11.4 Å². The minimum Gasteiger partial charge on any atom is -0.335 e. The van der Waals surface area contributed by atoms with Crippen LogP contribution in [-0.4, -0.2) is 61.8 Å². The van der Waals surface area contributed by atoms with Gasteiger partial charge in [-0.1, -0.05) is 0 Å². The van der Waals surface area contributed by atoms with Gasteiger partial charge in [0.25, 0.3) is 0 Å². The summed E-state index contributed by atoms with van der Waals surface area (Å²) in [6.45, 7) is 2.11. The van der Waals surface area contributed by atoms with Gasteiger partial charge >= 0.3 is 0 Å². The first-order valence-corrected chi connectivity index (χ1v) is 10.1. The number of hydrogen-bond donors (Lipinski definition) is 0. The number of hydrogen-bond acceptors (Lipinski definition) is 5. The Balaban J connectivity index is 1.60. The maximum atomic E-state index is 12.5. The fourth-order valence-corrected chi connectivity index (χ4v) is 5.05. The summed E-state index contributed by atoms with van der Waals surface area (Å²) >= 11 is 1.66. The van der Waals surface area contributed by atoms with Crippen molar-refractivity contribution in [3.05, 3.63) is 22.4 Å². The lowest BCUT2D eigenvalue weighted by Crippen LogP contribution is -2.46. The first kappa shape index (κ1) is 15.0. The molecule has 2 aliphatic heterocycles. The number of rotatable bonds is 3. The lowest BCUT2D eigenvalue weighted by molar-refractivity contribution is -0.133. The van der Waals surface area contributed by atoms with Gasteiger partial charge in [-0.15, -0.1) is 0 Å². The summed E-state index contributed by atoms with van der Waals surface area (Å²) in [7, 11) is -2.88. The van der Waals surface area contributed by atoms with Gasteiger partial charge in [0.2, 0.25) is 5.91 Å². The van der Waals surface area contributed by atoms with Crippen LogP contribution in [0, 0.1) is 0 Å². The van der Waals surface area contributed by atoms with Crippen LogP contribution < -0.4 is 0 Å². The molecule has 2 fully saturated rings. The highest BCUT2D eigenvalue weighted by molar-refractivity contribution is 7.91. The zero-order chi connectivity index (χ0) is 14.9. The highest BCUT2D eigenvalue weighted by atomic mass is 32.2. The summed E-state index contributed by atoms with van der Waals surface area (Å²) in [5, 5.41) is 4.16. The van der Waals surface area contributed by atoms with E-state index in [-0.39, 0.29) is 23.5 Å². The maximum Gasteiger partial charge on any atom is 0.237 e. The molecule has 2 saturated heterocycles. The van der Waals surface area contributed by atoms with Crippen LogP contribution in [0.3, 0.4) is 0 Å². The van der Waals surface area contributed by atoms with E-state index in [1.807, 2.05) is 15.2 Å². The first-order valence-electron chi connectivity index (χ1n) is 7.29. The smallest absolute Gasteiger partial charge is 0.237 e. The largest absolute Gasteiger partial charge is 0.335 e. The van der Waals surface area contributed by atoms with Crippen molar-refractivity contribution in [2.45, 2.75) is 18.9 Å². The van der Waals surface area contributed by atoms with Crippen LogP contribution in [0.5, 0.6) is 0 Å². The molecule has 2 aliphatic rings. The quantitative estimate of drug-likeness (QED) is 0.835. The molecule has 0 radical (unpaired) electrons. The predicted molar refractivity (Wildman–Crippen MR) is 83.1 cm³/mol. The standard InChI is InChI=1S/C14H20N2O3S2/c17-14(10-15-5-8-21(18,19)9-6-15)16-4-1-2-13(16)12-3-7-20-11-12/h3,7,11,13H,1-2,4-6,8-10H2/t13-/m0/s1. The summed E-state index contributed by atoms with van der Waals surface area (Å²) in [4.78, 5) is 16.4. The summed E-state index contributed by atoms with van der Waals surface area (Å²) < 4.78 is 22.8. The average Bonchev–Trinajstić information content (AvgIpc) is 3.10. The average molecular weight is 328 g/mol. The van der Waals surface area contributed by atoms with E-state index in [9.17, 15) is 13.2 Å². The lowest BCUT2D eigenvalue weighted by Gasteiger charge is -2.30. The van der Waals surface area contributed by atoms with E-state index in [0.29, 0.717) is 19.6 Å². The van der Waals surface area contributed by atoms with Crippen LogP contribution in [0.25, 0.3) is 0 Å². The molecule has 0 aliphatic carbocycles. The van der Waals surface area contributed by atoms with Crippen LogP contribution in [0.4, 0.5) is 0 Å². The van der Waals surface area contributed by atoms with Crippen molar-refractivity contribution in [3.8, 4) is 0 Å². The molecular weight excluding hydrogens is 308 g/mol. The molecule has 1 amide bonds. The Hall–Kier alpha value is -0.920. The van der Waals surface area contributed by atoms with E-state index in [1.165, 1.54) is 5.56 Å². The molecule has 3 heterocycles. The van der Waals surface area contributed by atoms with Gasteiger partial charge in [-0.25, -0.2) is 8.42 Å².